The average molecular weight is 387 g/mol. The molecule has 0 bridgehead atoms. The van der Waals surface area contributed by atoms with Crippen LogP contribution in [-0.2, 0) is 16.9 Å². The van der Waals surface area contributed by atoms with Crippen LogP contribution >= 0.6 is 0 Å². The quantitative estimate of drug-likeness (QED) is 0.655. The summed E-state index contributed by atoms with van der Waals surface area (Å²) in [6.45, 7) is 0.321. The van der Waals surface area contributed by atoms with Gasteiger partial charge in [0.15, 0.2) is 11.4 Å². The van der Waals surface area contributed by atoms with E-state index in [2.05, 4.69) is 0 Å². The van der Waals surface area contributed by atoms with Crippen LogP contribution < -0.4 is 9.64 Å². The smallest absolute Gasteiger partial charge is 0.264 e. The number of benzene rings is 3. The molecule has 146 valence electrons. The van der Waals surface area contributed by atoms with Crippen molar-refractivity contribution in [3.05, 3.63) is 95.6 Å². The Balaban J connectivity index is 1.69. The van der Waals surface area contributed by atoms with Crippen LogP contribution in [0.25, 0.3) is 0 Å². The molecular formula is C24H21NO4. The molecule has 0 aliphatic carbocycles. The fraction of sp³-hybridized carbons (Fsp3) is 0.167. The molecule has 0 radical (unpaired) electrons. The van der Waals surface area contributed by atoms with Gasteiger partial charge in [0.25, 0.3) is 5.91 Å². The van der Waals surface area contributed by atoms with E-state index in [0.717, 1.165) is 5.56 Å². The van der Waals surface area contributed by atoms with E-state index in [9.17, 15) is 14.7 Å². The lowest BCUT2D eigenvalue weighted by atomic mass is 9.88. The van der Waals surface area contributed by atoms with E-state index in [0.29, 0.717) is 29.1 Å². The number of ketones is 1. The predicted molar refractivity (Wildman–Crippen MR) is 110 cm³/mol. The summed E-state index contributed by atoms with van der Waals surface area (Å²) in [7, 11) is 1.48. The van der Waals surface area contributed by atoms with Gasteiger partial charge in [0.1, 0.15) is 5.75 Å². The third-order valence-electron chi connectivity index (χ3n) is 5.25. The Labute approximate surface area is 169 Å². The summed E-state index contributed by atoms with van der Waals surface area (Å²) in [5, 5.41) is 11.4. The molecule has 4 rings (SSSR count). The molecule has 1 N–H and O–H groups in total. The average Bonchev–Trinajstić information content (AvgIpc) is 2.96. The highest BCUT2D eigenvalue weighted by atomic mass is 16.5. The van der Waals surface area contributed by atoms with Crippen molar-refractivity contribution >= 4 is 17.4 Å². The molecule has 1 heterocycles. The molecule has 29 heavy (non-hydrogen) atoms. The number of carbonyl (C=O) groups is 2. The number of methoxy groups -OCH3 is 1. The highest BCUT2D eigenvalue weighted by molar-refractivity contribution is 6.11. The monoisotopic (exact) mass is 387 g/mol. The van der Waals surface area contributed by atoms with Gasteiger partial charge in [0.2, 0.25) is 0 Å². The Kier molecular flexibility index (Phi) is 4.91. The number of fused-ring (bicyclic) bond motifs is 1. The van der Waals surface area contributed by atoms with E-state index in [1.165, 1.54) is 7.11 Å². The van der Waals surface area contributed by atoms with Gasteiger partial charge in [-0.3, -0.25) is 9.59 Å². The van der Waals surface area contributed by atoms with Crippen molar-refractivity contribution in [2.75, 3.05) is 12.0 Å². The van der Waals surface area contributed by atoms with Crippen molar-refractivity contribution in [3.63, 3.8) is 0 Å². The van der Waals surface area contributed by atoms with E-state index in [4.69, 9.17) is 4.74 Å². The zero-order chi connectivity index (χ0) is 20.4. The second-order valence-electron chi connectivity index (χ2n) is 7.05. The Morgan fingerprint density at radius 3 is 2.38 bits per heavy atom. The van der Waals surface area contributed by atoms with Crippen LogP contribution in [0.2, 0.25) is 0 Å². The highest BCUT2D eigenvalue weighted by Crippen LogP contribution is 2.43. The van der Waals surface area contributed by atoms with Gasteiger partial charge < -0.3 is 14.7 Å². The van der Waals surface area contributed by atoms with Crippen LogP contribution in [0.15, 0.2) is 78.9 Å². The molecular weight excluding hydrogens is 366 g/mol. The lowest BCUT2D eigenvalue weighted by Crippen LogP contribution is -2.41. The molecule has 0 saturated carbocycles. The summed E-state index contributed by atoms with van der Waals surface area (Å²) in [6.07, 6.45) is -0.353. The molecule has 0 fully saturated rings. The summed E-state index contributed by atoms with van der Waals surface area (Å²) < 4.78 is 5.26. The molecule has 5 nitrogen and oxygen atoms in total. The van der Waals surface area contributed by atoms with Crippen molar-refractivity contribution in [2.45, 2.75) is 18.6 Å². The van der Waals surface area contributed by atoms with Crippen LogP contribution in [0.5, 0.6) is 5.75 Å². The molecule has 5 heteroatoms. The maximum atomic E-state index is 13.3. The first-order valence-electron chi connectivity index (χ1n) is 9.38. The van der Waals surface area contributed by atoms with Crippen LogP contribution in [0.1, 0.15) is 27.9 Å². The SMILES string of the molecule is COc1ccccc1C(=O)C[C@]1(O)C(=O)N(Cc2ccccc2)c2ccccc21. The molecule has 1 atom stereocenters. The Bertz CT molecular complexity index is 1060. The first kappa shape index (κ1) is 18.9. The molecule has 1 aliphatic rings. The molecule has 1 aliphatic heterocycles. The van der Waals surface area contributed by atoms with Gasteiger partial charge in [-0.25, -0.2) is 0 Å². The van der Waals surface area contributed by atoms with Gasteiger partial charge in [-0.05, 0) is 23.8 Å². The second-order valence-corrected chi connectivity index (χ2v) is 7.05. The number of rotatable bonds is 6. The third kappa shape index (κ3) is 3.30. The van der Waals surface area contributed by atoms with E-state index in [-0.39, 0.29) is 12.2 Å². The molecule has 1 amide bonds. The number of amides is 1. The summed E-state index contributed by atoms with van der Waals surface area (Å²) in [4.78, 5) is 27.8. The summed E-state index contributed by atoms with van der Waals surface area (Å²) in [5.41, 5.74) is 0.440. The maximum absolute atomic E-state index is 13.3. The van der Waals surface area contributed by atoms with E-state index in [1.54, 1.807) is 47.4 Å². The largest absolute Gasteiger partial charge is 0.496 e. The molecule has 0 saturated heterocycles. The van der Waals surface area contributed by atoms with Crippen LogP contribution in [0.4, 0.5) is 5.69 Å². The normalized spacial score (nSPS) is 17.9. The lowest BCUT2D eigenvalue weighted by Gasteiger charge is -2.23. The van der Waals surface area contributed by atoms with Gasteiger partial charge in [-0.1, -0.05) is 60.7 Å². The number of hydrogen-bond donors (Lipinski definition) is 1. The second kappa shape index (κ2) is 7.53. The standard InChI is InChI=1S/C24H21NO4/c1-29-22-14-8-5-11-18(22)21(26)15-24(28)19-12-6-7-13-20(19)25(23(24)27)16-17-9-3-2-4-10-17/h2-14,28H,15-16H2,1H3/t24-/m1/s1. The minimum absolute atomic E-state index is 0.321. The number of anilines is 1. The number of Topliss-reactive ketones (excluding diaryl/α,β-unsaturated/α-hetero) is 1. The number of hydrogen-bond acceptors (Lipinski definition) is 4. The summed E-state index contributed by atoms with van der Waals surface area (Å²) in [5.74, 6) is -0.429. The molecule has 3 aromatic rings. The predicted octanol–water partition coefficient (Wildman–Crippen LogP) is 3.70. The van der Waals surface area contributed by atoms with Crippen molar-refractivity contribution in [2.24, 2.45) is 0 Å². The minimum atomic E-state index is -1.91. The van der Waals surface area contributed by atoms with Crippen molar-refractivity contribution in [1.82, 2.24) is 0 Å². The van der Waals surface area contributed by atoms with Crippen LogP contribution in [-0.4, -0.2) is 23.9 Å². The van der Waals surface area contributed by atoms with Crippen LogP contribution in [0.3, 0.4) is 0 Å². The van der Waals surface area contributed by atoms with E-state index < -0.39 is 11.5 Å². The Morgan fingerprint density at radius 2 is 1.62 bits per heavy atom. The van der Waals surface area contributed by atoms with E-state index in [1.807, 2.05) is 36.4 Å². The number of nitrogens with zero attached hydrogens (tertiary/aromatic N) is 1. The molecule has 3 aromatic carbocycles. The molecule has 0 spiro atoms. The van der Waals surface area contributed by atoms with Crippen LogP contribution in [0, 0.1) is 0 Å². The van der Waals surface area contributed by atoms with Crippen molar-refractivity contribution in [3.8, 4) is 5.75 Å². The third-order valence-corrected chi connectivity index (χ3v) is 5.25. The Hall–Kier alpha value is -3.44. The van der Waals surface area contributed by atoms with Gasteiger partial charge in [-0.15, -0.1) is 0 Å². The van der Waals surface area contributed by atoms with E-state index >= 15 is 0 Å². The number of carbonyl (C=O) groups excluding carboxylic acids is 2. The molecule has 0 aromatic heterocycles. The molecule has 0 unspecified atom stereocenters. The summed E-state index contributed by atoms with van der Waals surface area (Å²) in [6, 6.07) is 23.4. The lowest BCUT2D eigenvalue weighted by molar-refractivity contribution is -0.136. The minimum Gasteiger partial charge on any atom is -0.496 e. The van der Waals surface area contributed by atoms with Crippen molar-refractivity contribution in [1.29, 1.82) is 0 Å². The van der Waals surface area contributed by atoms with Gasteiger partial charge >= 0.3 is 0 Å². The maximum Gasteiger partial charge on any atom is 0.264 e. The number of aliphatic hydroxyl groups is 1. The number of para-hydroxylation sites is 2. The first-order valence-corrected chi connectivity index (χ1v) is 9.38. The van der Waals surface area contributed by atoms with Gasteiger partial charge in [0, 0.05) is 5.56 Å². The zero-order valence-electron chi connectivity index (χ0n) is 16.0. The fourth-order valence-corrected chi connectivity index (χ4v) is 3.80. The Morgan fingerprint density at radius 1 is 0.966 bits per heavy atom. The van der Waals surface area contributed by atoms with Gasteiger partial charge in [0.05, 0.1) is 31.3 Å². The highest BCUT2D eigenvalue weighted by Gasteiger charge is 2.50. The van der Waals surface area contributed by atoms with Gasteiger partial charge in [-0.2, -0.15) is 0 Å². The summed E-state index contributed by atoms with van der Waals surface area (Å²) >= 11 is 0. The zero-order valence-corrected chi connectivity index (χ0v) is 16.0. The topological polar surface area (TPSA) is 66.8 Å². The van der Waals surface area contributed by atoms with Crippen molar-refractivity contribution < 1.29 is 19.4 Å². The fourth-order valence-electron chi connectivity index (χ4n) is 3.80. The number of ether oxygens (including phenoxy) is 1. The first-order chi connectivity index (χ1) is 14.0.